The fourth-order valence-corrected chi connectivity index (χ4v) is 2.37. The van der Waals surface area contributed by atoms with Gasteiger partial charge in [0.2, 0.25) is 5.91 Å². The molecule has 26 heavy (non-hydrogen) atoms. The molecular formula is C20H30Cl2N2O2. The van der Waals surface area contributed by atoms with Gasteiger partial charge in [0.25, 0.3) is 0 Å². The molecule has 0 bridgehead atoms. The zero-order valence-corrected chi connectivity index (χ0v) is 17.5. The van der Waals surface area contributed by atoms with E-state index in [1.807, 2.05) is 58.0 Å². The number of rotatable bonds is 3. The van der Waals surface area contributed by atoms with E-state index in [0.29, 0.717) is 17.5 Å². The molecule has 6 heteroatoms. The van der Waals surface area contributed by atoms with Gasteiger partial charge < -0.3 is 15.1 Å². The van der Waals surface area contributed by atoms with Gasteiger partial charge in [0.05, 0.1) is 12.5 Å². The number of hydrogen-bond donors (Lipinski definition) is 2. The standard InChI is InChI=1S/C10H13ClN2O2.C6H5Cl.2C2H6/c11-9-2-1-8(15-9)6-13-10(14)7-3-4-12-5-7;7-6-4-2-1-3-5-6;2*1-2/h1-2,7,12H,3-6H2,(H,13,14);1-5H;2*1-2H3. The molecule has 1 aromatic carbocycles. The highest BCUT2D eigenvalue weighted by atomic mass is 35.5. The third kappa shape index (κ3) is 10.5. The topological polar surface area (TPSA) is 54.3 Å². The first-order valence-electron chi connectivity index (χ1n) is 9.08. The van der Waals surface area contributed by atoms with Gasteiger partial charge in [0.15, 0.2) is 5.22 Å². The van der Waals surface area contributed by atoms with Crippen molar-refractivity contribution in [3.05, 3.63) is 58.5 Å². The van der Waals surface area contributed by atoms with Crippen molar-refractivity contribution in [3.8, 4) is 0 Å². The number of halogens is 2. The number of carbonyl (C=O) groups is 1. The van der Waals surface area contributed by atoms with Crippen LogP contribution < -0.4 is 10.6 Å². The molecule has 1 saturated heterocycles. The lowest BCUT2D eigenvalue weighted by atomic mass is 10.1. The van der Waals surface area contributed by atoms with Gasteiger partial charge in [-0.2, -0.15) is 0 Å². The van der Waals surface area contributed by atoms with Crippen molar-refractivity contribution >= 4 is 29.1 Å². The first-order valence-corrected chi connectivity index (χ1v) is 9.84. The van der Waals surface area contributed by atoms with Gasteiger partial charge in [-0.1, -0.05) is 57.5 Å². The molecule has 146 valence electrons. The highest BCUT2D eigenvalue weighted by molar-refractivity contribution is 6.30. The van der Waals surface area contributed by atoms with Crippen LogP contribution in [0.25, 0.3) is 0 Å². The number of carbonyl (C=O) groups excluding carboxylic acids is 1. The van der Waals surface area contributed by atoms with Gasteiger partial charge in [0, 0.05) is 11.6 Å². The fraction of sp³-hybridized carbons (Fsp3) is 0.450. The zero-order valence-electron chi connectivity index (χ0n) is 16.0. The van der Waals surface area contributed by atoms with E-state index in [4.69, 9.17) is 27.6 Å². The van der Waals surface area contributed by atoms with Gasteiger partial charge in [-0.3, -0.25) is 4.79 Å². The zero-order chi connectivity index (χ0) is 19.8. The van der Waals surface area contributed by atoms with Crippen LogP contribution in [0.15, 0.2) is 46.9 Å². The minimum Gasteiger partial charge on any atom is -0.448 e. The van der Waals surface area contributed by atoms with Crippen LogP contribution in [0.2, 0.25) is 10.2 Å². The summed E-state index contributed by atoms with van der Waals surface area (Å²) in [5, 5.41) is 7.12. The average molecular weight is 401 g/mol. The van der Waals surface area contributed by atoms with Crippen LogP contribution in [0.5, 0.6) is 0 Å². The van der Waals surface area contributed by atoms with Crippen molar-refractivity contribution in [2.45, 2.75) is 40.7 Å². The second kappa shape index (κ2) is 15.7. The second-order valence-electron chi connectivity index (χ2n) is 4.91. The van der Waals surface area contributed by atoms with Crippen LogP contribution >= 0.6 is 23.2 Å². The van der Waals surface area contributed by atoms with Crippen molar-refractivity contribution in [2.24, 2.45) is 5.92 Å². The second-order valence-corrected chi connectivity index (χ2v) is 5.72. The molecule has 2 N–H and O–H groups in total. The Bertz CT molecular complexity index is 583. The minimum absolute atomic E-state index is 0.0764. The number of amides is 1. The summed E-state index contributed by atoms with van der Waals surface area (Å²) in [5.41, 5.74) is 0. The molecule has 2 heterocycles. The van der Waals surface area contributed by atoms with E-state index in [0.717, 1.165) is 24.5 Å². The van der Waals surface area contributed by atoms with Crippen molar-refractivity contribution in [2.75, 3.05) is 13.1 Å². The maximum Gasteiger partial charge on any atom is 0.224 e. The number of furan rings is 1. The average Bonchev–Trinajstić information content (AvgIpc) is 3.36. The molecule has 0 aliphatic carbocycles. The predicted octanol–water partition coefficient (Wildman–Crippen LogP) is 5.55. The minimum atomic E-state index is 0.0764. The third-order valence-electron chi connectivity index (χ3n) is 3.23. The molecule has 4 nitrogen and oxygen atoms in total. The summed E-state index contributed by atoms with van der Waals surface area (Å²) in [6.45, 7) is 10.1. The largest absolute Gasteiger partial charge is 0.448 e. The lowest BCUT2D eigenvalue weighted by Gasteiger charge is -2.07. The van der Waals surface area contributed by atoms with Crippen molar-refractivity contribution in [1.82, 2.24) is 10.6 Å². The SMILES string of the molecule is CC.CC.Clc1ccccc1.O=C(NCc1ccc(Cl)o1)C1CCNC1. The summed E-state index contributed by atoms with van der Waals surface area (Å²) in [5.74, 6) is 0.849. The van der Waals surface area contributed by atoms with Crippen molar-refractivity contribution in [3.63, 3.8) is 0 Å². The van der Waals surface area contributed by atoms with Gasteiger partial charge in [-0.25, -0.2) is 0 Å². The lowest BCUT2D eigenvalue weighted by molar-refractivity contribution is -0.124. The van der Waals surface area contributed by atoms with Crippen LogP contribution in [-0.4, -0.2) is 19.0 Å². The van der Waals surface area contributed by atoms with Crippen LogP contribution in [0.3, 0.4) is 0 Å². The maximum absolute atomic E-state index is 11.6. The van der Waals surface area contributed by atoms with Crippen LogP contribution in [0.1, 0.15) is 39.9 Å². The summed E-state index contributed by atoms with van der Waals surface area (Å²) in [6, 6.07) is 12.9. The molecule has 1 atom stereocenters. The third-order valence-corrected chi connectivity index (χ3v) is 3.69. The highest BCUT2D eigenvalue weighted by Crippen LogP contribution is 2.13. The number of nitrogens with one attached hydrogen (secondary N) is 2. The van der Waals surface area contributed by atoms with E-state index >= 15 is 0 Å². The smallest absolute Gasteiger partial charge is 0.224 e. The van der Waals surface area contributed by atoms with E-state index < -0.39 is 0 Å². The monoisotopic (exact) mass is 400 g/mol. The van der Waals surface area contributed by atoms with Gasteiger partial charge in [-0.05, 0) is 48.8 Å². The summed E-state index contributed by atoms with van der Waals surface area (Å²) in [4.78, 5) is 11.6. The Balaban J connectivity index is 0.000000477. The Morgan fingerprint density at radius 2 is 1.77 bits per heavy atom. The van der Waals surface area contributed by atoms with Crippen LogP contribution in [0, 0.1) is 5.92 Å². The first kappa shape index (κ1) is 24.5. The number of benzene rings is 1. The molecule has 0 saturated carbocycles. The van der Waals surface area contributed by atoms with Gasteiger partial charge in [-0.15, -0.1) is 0 Å². The lowest BCUT2D eigenvalue weighted by Crippen LogP contribution is -2.31. The van der Waals surface area contributed by atoms with E-state index in [1.165, 1.54) is 0 Å². The molecule has 3 rings (SSSR count). The van der Waals surface area contributed by atoms with E-state index in [-0.39, 0.29) is 11.8 Å². The van der Waals surface area contributed by atoms with Crippen molar-refractivity contribution < 1.29 is 9.21 Å². The normalized spacial score (nSPS) is 14.6. The van der Waals surface area contributed by atoms with E-state index in [2.05, 4.69) is 10.6 Å². The summed E-state index contributed by atoms with van der Waals surface area (Å²) in [6.07, 6.45) is 0.907. The van der Waals surface area contributed by atoms with E-state index in [1.54, 1.807) is 12.1 Å². The Kier molecular flexibility index (Phi) is 14.8. The molecule has 1 unspecified atom stereocenters. The first-order chi connectivity index (χ1) is 12.6. The Morgan fingerprint density at radius 1 is 1.12 bits per heavy atom. The fourth-order valence-electron chi connectivity index (χ4n) is 2.06. The Morgan fingerprint density at radius 3 is 2.19 bits per heavy atom. The molecule has 0 radical (unpaired) electrons. The molecule has 1 aromatic heterocycles. The highest BCUT2D eigenvalue weighted by Gasteiger charge is 2.21. The summed E-state index contributed by atoms with van der Waals surface area (Å²) >= 11 is 11.2. The predicted molar refractivity (Wildman–Crippen MR) is 111 cm³/mol. The summed E-state index contributed by atoms with van der Waals surface area (Å²) in [7, 11) is 0. The van der Waals surface area contributed by atoms with Crippen LogP contribution in [0.4, 0.5) is 0 Å². The molecule has 2 aromatic rings. The van der Waals surface area contributed by atoms with Crippen LogP contribution in [-0.2, 0) is 11.3 Å². The maximum atomic E-state index is 11.6. The molecule has 1 aliphatic heterocycles. The quantitative estimate of drug-likeness (QED) is 0.709. The molecule has 1 aliphatic rings. The van der Waals surface area contributed by atoms with E-state index in [9.17, 15) is 4.79 Å². The molecule has 0 spiro atoms. The van der Waals surface area contributed by atoms with Gasteiger partial charge in [0.1, 0.15) is 5.76 Å². The van der Waals surface area contributed by atoms with Gasteiger partial charge >= 0.3 is 0 Å². The number of hydrogen-bond acceptors (Lipinski definition) is 3. The molecule has 1 fully saturated rings. The summed E-state index contributed by atoms with van der Waals surface area (Å²) < 4.78 is 5.13. The van der Waals surface area contributed by atoms with Crippen molar-refractivity contribution in [1.29, 1.82) is 0 Å². The Hall–Kier alpha value is -1.49. The molecule has 1 amide bonds. The molecular weight excluding hydrogens is 371 g/mol. The Labute approximate surface area is 167 Å².